The average Bonchev–Trinajstić information content (AvgIpc) is 3.61. The molecule has 8 heteroatoms. The number of hydrogen-bond acceptors (Lipinski definition) is 4. The number of ether oxygens (including phenoxy) is 1. The number of amides is 2. The lowest BCUT2D eigenvalue weighted by atomic mass is 9.89. The number of nitrogens with one attached hydrogen (secondary N) is 1. The third-order valence-corrected chi connectivity index (χ3v) is 6.57. The molecule has 0 spiro atoms. The van der Waals surface area contributed by atoms with E-state index in [1.807, 2.05) is 6.07 Å². The van der Waals surface area contributed by atoms with Crippen LogP contribution >= 0.6 is 0 Å². The zero-order valence-electron chi connectivity index (χ0n) is 17.8. The van der Waals surface area contributed by atoms with E-state index in [9.17, 15) is 18.4 Å². The van der Waals surface area contributed by atoms with Crippen LogP contribution in [0.4, 0.5) is 8.78 Å². The van der Waals surface area contributed by atoms with Crippen LogP contribution in [0, 0.1) is 0 Å². The van der Waals surface area contributed by atoms with Gasteiger partial charge in [0.25, 0.3) is 11.8 Å². The molecule has 4 rings (SSSR count). The first-order valence-corrected chi connectivity index (χ1v) is 10.8. The van der Waals surface area contributed by atoms with Crippen molar-refractivity contribution in [2.75, 3.05) is 20.2 Å². The van der Waals surface area contributed by atoms with Crippen molar-refractivity contribution < 1.29 is 23.1 Å². The molecule has 1 aliphatic heterocycles. The normalized spacial score (nSPS) is 20.5. The van der Waals surface area contributed by atoms with Crippen LogP contribution in [0.15, 0.2) is 6.07 Å². The summed E-state index contributed by atoms with van der Waals surface area (Å²) in [5.41, 5.74) is 1.06. The van der Waals surface area contributed by atoms with Crippen LogP contribution in [0.25, 0.3) is 0 Å². The van der Waals surface area contributed by atoms with Crippen LogP contribution in [0.1, 0.15) is 86.0 Å². The number of aromatic nitrogens is 1. The second-order valence-electron chi connectivity index (χ2n) is 8.82. The Hall–Kier alpha value is -2.25. The molecule has 2 saturated carbocycles. The molecule has 1 aromatic heterocycles. The van der Waals surface area contributed by atoms with Crippen molar-refractivity contribution in [2.24, 2.45) is 0 Å². The van der Waals surface area contributed by atoms with Crippen LogP contribution in [-0.4, -0.2) is 53.4 Å². The number of likely N-dealkylation sites (tertiary alicyclic amines) is 1. The summed E-state index contributed by atoms with van der Waals surface area (Å²) in [5.74, 6) is -2.56. The minimum absolute atomic E-state index is 0.164. The predicted molar refractivity (Wildman–Crippen MR) is 107 cm³/mol. The summed E-state index contributed by atoms with van der Waals surface area (Å²) >= 11 is 0. The van der Waals surface area contributed by atoms with Gasteiger partial charge in [-0.1, -0.05) is 13.8 Å². The molecule has 2 amide bonds. The quantitative estimate of drug-likeness (QED) is 0.696. The van der Waals surface area contributed by atoms with Crippen molar-refractivity contribution in [1.82, 2.24) is 15.2 Å². The maximum atomic E-state index is 13.3. The number of methoxy groups -OCH3 is 1. The number of halogens is 2. The fourth-order valence-corrected chi connectivity index (χ4v) is 4.26. The van der Waals surface area contributed by atoms with Gasteiger partial charge in [-0.3, -0.25) is 9.59 Å². The molecule has 164 valence electrons. The summed E-state index contributed by atoms with van der Waals surface area (Å²) in [6.45, 7) is 2.34. The molecular weight excluding hydrogens is 392 g/mol. The molecule has 2 heterocycles. The Morgan fingerprint density at radius 2 is 1.80 bits per heavy atom. The number of nitrogens with zero attached hydrogens (tertiary/aromatic N) is 2. The van der Waals surface area contributed by atoms with Crippen LogP contribution < -0.4 is 10.1 Å². The Kier molecular flexibility index (Phi) is 5.22. The highest BCUT2D eigenvalue weighted by Crippen LogP contribution is 2.49. The van der Waals surface area contributed by atoms with Gasteiger partial charge in [-0.05, 0) is 56.1 Å². The maximum Gasteiger partial charge on any atom is 0.282 e. The van der Waals surface area contributed by atoms with Crippen LogP contribution in [-0.2, 0) is 4.79 Å². The monoisotopic (exact) mass is 421 g/mol. The number of alkyl halides is 2. The van der Waals surface area contributed by atoms with Gasteiger partial charge in [-0.15, -0.1) is 0 Å². The van der Waals surface area contributed by atoms with Gasteiger partial charge >= 0.3 is 0 Å². The van der Waals surface area contributed by atoms with Crippen molar-refractivity contribution >= 4 is 11.8 Å². The van der Waals surface area contributed by atoms with Crippen molar-refractivity contribution in [2.45, 2.75) is 75.7 Å². The summed E-state index contributed by atoms with van der Waals surface area (Å²) in [4.78, 5) is 32.0. The topological polar surface area (TPSA) is 71.5 Å². The van der Waals surface area contributed by atoms with E-state index in [-0.39, 0.29) is 5.69 Å². The van der Waals surface area contributed by atoms with Crippen molar-refractivity contribution in [3.05, 3.63) is 23.0 Å². The van der Waals surface area contributed by atoms with Gasteiger partial charge in [0.15, 0.2) is 11.4 Å². The second kappa shape index (κ2) is 7.46. The van der Waals surface area contributed by atoms with E-state index in [2.05, 4.69) is 5.32 Å². The van der Waals surface area contributed by atoms with Crippen molar-refractivity contribution in [3.63, 3.8) is 0 Å². The van der Waals surface area contributed by atoms with E-state index in [1.165, 1.54) is 12.7 Å². The molecule has 3 aliphatic rings. The average molecular weight is 421 g/mol. The number of rotatable bonds is 8. The largest absolute Gasteiger partial charge is 0.494 e. The lowest BCUT2D eigenvalue weighted by Gasteiger charge is -2.44. The molecule has 1 saturated heterocycles. The second-order valence-corrected chi connectivity index (χ2v) is 8.82. The van der Waals surface area contributed by atoms with Crippen LogP contribution in [0.5, 0.6) is 5.75 Å². The Labute approximate surface area is 175 Å². The summed E-state index contributed by atoms with van der Waals surface area (Å²) < 4.78 is 32.1. The fraction of sp³-hybridized carbons (Fsp3) is 0.682. The van der Waals surface area contributed by atoms with Gasteiger partial charge in [0.05, 0.1) is 20.2 Å². The molecule has 0 unspecified atom stereocenters. The first kappa shape index (κ1) is 21.0. The van der Waals surface area contributed by atoms with Crippen molar-refractivity contribution in [1.29, 1.82) is 0 Å². The Balaban J connectivity index is 1.61. The van der Waals surface area contributed by atoms with Gasteiger partial charge in [-0.2, -0.15) is 0 Å². The highest BCUT2D eigenvalue weighted by Gasteiger charge is 2.51. The molecule has 2 aliphatic carbocycles. The highest BCUT2D eigenvalue weighted by molar-refractivity contribution is 6.00. The molecular formula is C22H29F2N3O3. The predicted octanol–water partition coefficient (Wildman–Crippen LogP) is 3.61. The Bertz CT molecular complexity index is 853. The van der Waals surface area contributed by atoms with Crippen molar-refractivity contribution in [3.8, 4) is 5.75 Å². The molecule has 30 heavy (non-hydrogen) atoms. The first-order valence-electron chi connectivity index (χ1n) is 10.8. The third kappa shape index (κ3) is 3.76. The summed E-state index contributed by atoms with van der Waals surface area (Å²) in [7, 11) is 1.50. The van der Waals surface area contributed by atoms with E-state index in [1.54, 1.807) is 13.8 Å². The van der Waals surface area contributed by atoms with Crippen LogP contribution in [0.3, 0.4) is 0 Å². The number of pyridine rings is 1. The Morgan fingerprint density at radius 1 is 1.20 bits per heavy atom. The van der Waals surface area contributed by atoms with Gasteiger partial charge in [0, 0.05) is 11.6 Å². The molecule has 0 aromatic carbocycles. The van der Waals surface area contributed by atoms with E-state index >= 15 is 0 Å². The molecule has 1 aromatic rings. The smallest absolute Gasteiger partial charge is 0.282 e. The SMILES string of the molecule is CCC(CC)(NC(=O)c1nc(C2CC2)c(C2CC2)cc1OC)C(=O)N1CC(F)(F)C1. The summed E-state index contributed by atoms with van der Waals surface area (Å²) in [5, 5.41) is 2.83. The highest BCUT2D eigenvalue weighted by atomic mass is 19.3. The zero-order valence-corrected chi connectivity index (χ0v) is 17.8. The third-order valence-electron chi connectivity index (χ3n) is 6.57. The lowest BCUT2D eigenvalue weighted by Crippen LogP contribution is -2.67. The van der Waals surface area contributed by atoms with Crippen LogP contribution in [0.2, 0.25) is 0 Å². The molecule has 6 nitrogen and oxygen atoms in total. The molecule has 0 atom stereocenters. The minimum Gasteiger partial charge on any atom is -0.494 e. The van der Waals surface area contributed by atoms with Gasteiger partial charge in [0.2, 0.25) is 5.91 Å². The van der Waals surface area contributed by atoms with E-state index < -0.39 is 36.4 Å². The molecule has 1 N–H and O–H groups in total. The zero-order chi connectivity index (χ0) is 21.7. The number of carbonyl (C=O) groups is 2. The van der Waals surface area contributed by atoms with Gasteiger partial charge < -0.3 is 15.0 Å². The van der Waals surface area contributed by atoms with E-state index in [4.69, 9.17) is 9.72 Å². The molecule has 0 bridgehead atoms. The minimum atomic E-state index is -2.85. The first-order chi connectivity index (χ1) is 14.2. The summed E-state index contributed by atoms with van der Waals surface area (Å²) in [6.07, 6.45) is 4.98. The van der Waals surface area contributed by atoms with Gasteiger partial charge in [-0.25, -0.2) is 13.8 Å². The Morgan fingerprint density at radius 3 is 2.27 bits per heavy atom. The number of carbonyl (C=O) groups excluding carboxylic acids is 2. The van der Waals surface area contributed by atoms with E-state index in [0.717, 1.165) is 36.3 Å². The molecule has 3 fully saturated rings. The standard InChI is InChI=1S/C22H29F2N3O3/c1-4-21(5-2,20(29)27-11-22(23,24)12-27)26-19(28)18-16(30-3)10-15(13-6-7-13)17(25-18)14-8-9-14/h10,13-14H,4-9,11-12H2,1-3H3,(H,26,28). The van der Waals surface area contributed by atoms with E-state index in [0.29, 0.717) is 30.4 Å². The van der Waals surface area contributed by atoms with Gasteiger partial charge in [0.1, 0.15) is 5.54 Å². The maximum absolute atomic E-state index is 13.3. The number of hydrogen-bond donors (Lipinski definition) is 1. The summed E-state index contributed by atoms with van der Waals surface area (Å²) in [6, 6.07) is 1.92. The fourth-order valence-electron chi connectivity index (χ4n) is 4.26. The molecule has 0 radical (unpaired) electrons. The lowest BCUT2D eigenvalue weighted by molar-refractivity contribution is -0.172.